The van der Waals surface area contributed by atoms with Crippen LogP contribution in [0.15, 0.2) is 60.7 Å². The molecule has 2 aromatic carbocycles. The molecule has 2 amide bonds. The summed E-state index contributed by atoms with van der Waals surface area (Å²) in [7, 11) is 0. The molecule has 0 aliphatic rings. The second-order valence-corrected chi connectivity index (χ2v) is 9.28. The van der Waals surface area contributed by atoms with Gasteiger partial charge in [0.1, 0.15) is 6.04 Å². The van der Waals surface area contributed by atoms with Crippen molar-refractivity contribution in [3.63, 3.8) is 0 Å². The van der Waals surface area contributed by atoms with Crippen LogP contribution in [0.2, 0.25) is 0 Å². The summed E-state index contributed by atoms with van der Waals surface area (Å²) in [6.45, 7) is 7.31. The van der Waals surface area contributed by atoms with Gasteiger partial charge in [-0.1, -0.05) is 81.4 Å². The van der Waals surface area contributed by atoms with Crippen LogP contribution in [0.3, 0.4) is 0 Å². The van der Waals surface area contributed by atoms with E-state index in [1.165, 1.54) is 11.1 Å². The number of nitrogens with one attached hydrogen (secondary N) is 1. The third-order valence-electron chi connectivity index (χ3n) is 5.13. The molecule has 0 saturated carbocycles. The number of hydrogen-bond acceptors (Lipinski definition) is 3. The van der Waals surface area contributed by atoms with Crippen molar-refractivity contribution in [1.82, 2.24) is 10.2 Å². The average Bonchev–Trinajstić information content (AvgIpc) is 2.79. The maximum atomic E-state index is 13.2. The summed E-state index contributed by atoms with van der Waals surface area (Å²) in [6.07, 6.45) is 1.81. The molecule has 0 fully saturated rings. The second kappa shape index (κ2) is 13.9. The van der Waals surface area contributed by atoms with Crippen LogP contribution in [0.5, 0.6) is 0 Å². The van der Waals surface area contributed by atoms with E-state index < -0.39 is 6.04 Å². The molecule has 4 nitrogen and oxygen atoms in total. The van der Waals surface area contributed by atoms with Gasteiger partial charge < -0.3 is 10.2 Å². The Balaban J connectivity index is 1.98. The fraction of sp³-hybridized carbons (Fsp3) is 0.462. The number of nitrogens with zero attached hydrogens (tertiary/aromatic N) is 1. The SMILES string of the molecule is CC[C@H](C(=O)NCC(C)C)N(CCc1ccccc1)C(=O)CCSCc1ccccc1. The molecule has 0 heterocycles. The van der Waals surface area contributed by atoms with E-state index in [4.69, 9.17) is 0 Å². The van der Waals surface area contributed by atoms with E-state index in [9.17, 15) is 9.59 Å². The summed E-state index contributed by atoms with van der Waals surface area (Å²) in [5.74, 6) is 2.03. The Morgan fingerprint density at radius 1 is 0.968 bits per heavy atom. The van der Waals surface area contributed by atoms with Gasteiger partial charge in [-0.2, -0.15) is 11.8 Å². The molecular formula is C26H36N2O2S. The maximum Gasteiger partial charge on any atom is 0.242 e. The van der Waals surface area contributed by atoms with E-state index in [1.807, 2.05) is 43.3 Å². The van der Waals surface area contributed by atoms with Crippen molar-refractivity contribution in [1.29, 1.82) is 0 Å². The van der Waals surface area contributed by atoms with E-state index in [-0.39, 0.29) is 11.8 Å². The molecule has 1 N–H and O–H groups in total. The van der Waals surface area contributed by atoms with Gasteiger partial charge in [-0.25, -0.2) is 0 Å². The van der Waals surface area contributed by atoms with Gasteiger partial charge in [0.25, 0.3) is 0 Å². The maximum absolute atomic E-state index is 13.2. The van der Waals surface area contributed by atoms with Crippen molar-refractivity contribution < 1.29 is 9.59 Å². The van der Waals surface area contributed by atoms with E-state index in [0.29, 0.717) is 31.8 Å². The second-order valence-electron chi connectivity index (χ2n) is 8.17. The van der Waals surface area contributed by atoms with Crippen molar-refractivity contribution >= 4 is 23.6 Å². The zero-order valence-corrected chi connectivity index (χ0v) is 19.9. The summed E-state index contributed by atoms with van der Waals surface area (Å²) in [5.41, 5.74) is 2.44. The first-order valence-electron chi connectivity index (χ1n) is 11.2. The predicted octanol–water partition coefficient (Wildman–Crippen LogP) is 4.93. The van der Waals surface area contributed by atoms with E-state index in [2.05, 4.69) is 43.4 Å². The van der Waals surface area contributed by atoms with Crippen molar-refractivity contribution in [2.24, 2.45) is 5.92 Å². The molecule has 2 rings (SSSR count). The normalized spacial score (nSPS) is 11.9. The lowest BCUT2D eigenvalue weighted by atomic mass is 10.1. The Hall–Kier alpha value is -2.27. The number of carbonyl (C=O) groups is 2. The van der Waals surface area contributed by atoms with E-state index in [1.54, 1.807) is 16.7 Å². The molecule has 0 unspecified atom stereocenters. The molecule has 1 atom stereocenters. The van der Waals surface area contributed by atoms with Crippen LogP contribution in [0.25, 0.3) is 0 Å². The van der Waals surface area contributed by atoms with E-state index in [0.717, 1.165) is 17.9 Å². The summed E-state index contributed by atoms with van der Waals surface area (Å²) < 4.78 is 0. The largest absolute Gasteiger partial charge is 0.354 e. The molecule has 0 saturated heterocycles. The highest BCUT2D eigenvalue weighted by atomic mass is 32.2. The summed E-state index contributed by atoms with van der Waals surface area (Å²) in [4.78, 5) is 27.8. The van der Waals surface area contributed by atoms with Crippen LogP contribution in [-0.4, -0.2) is 41.6 Å². The third kappa shape index (κ3) is 9.18. The first kappa shape index (κ1) is 25.0. The van der Waals surface area contributed by atoms with Crippen LogP contribution in [0.1, 0.15) is 44.7 Å². The average molecular weight is 441 g/mol. The van der Waals surface area contributed by atoms with Crippen LogP contribution in [0.4, 0.5) is 0 Å². The van der Waals surface area contributed by atoms with Gasteiger partial charge in [0.05, 0.1) is 0 Å². The number of carbonyl (C=O) groups excluding carboxylic acids is 2. The Morgan fingerprint density at radius 3 is 2.16 bits per heavy atom. The summed E-state index contributed by atoms with van der Waals surface area (Å²) >= 11 is 1.76. The Labute approximate surface area is 191 Å². The molecule has 168 valence electrons. The molecular weight excluding hydrogens is 404 g/mol. The summed E-state index contributed by atoms with van der Waals surface area (Å²) in [5, 5.41) is 3.02. The monoisotopic (exact) mass is 440 g/mol. The number of thioether (sulfide) groups is 1. The Bertz CT molecular complexity index is 781. The van der Waals surface area contributed by atoms with Crippen LogP contribution in [-0.2, 0) is 21.8 Å². The van der Waals surface area contributed by atoms with E-state index >= 15 is 0 Å². The van der Waals surface area contributed by atoms with Gasteiger partial charge >= 0.3 is 0 Å². The number of rotatable bonds is 13. The van der Waals surface area contributed by atoms with Gasteiger partial charge in [-0.3, -0.25) is 9.59 Å². The molecule has 5 heteroatoms. The fourth-order valence-corrected chi connectivity index (χ4v) is 4.28. The molecule has 0 aliphatic heterocycles. The molecule has 0 spiro atoms. The van der Waals surface area contributed by atoms with Gasteiger partial charge in [0, 0.05) is 31.0 Å². The lowest BCUT2D eigenvalue weighted by Gasteiger charge is -2.31. The zero-order chi connectivity index (χ0) is 22.5. The van der Waals surface area contributed by atoms with Crippen LogP contribution in [0, 0.1) is 5.92 Å². The van der Waals surface area contributed by atoms with Gasteiger partial charge in [0.2, 0.25) is 11.8 Å². The van der Waals surface area contributed by atoms with Crippen LogP contribution >= 0.6 is 11.8 Å². The lowest BCUT2D eigenvalue weighted by molar-refractivity contribution is -0.140. The van der Waals surface area contributed by atoms with Gasteiger partial charge in [-0.05, 0) is 29.9 Å². The minimum absolute atomic E-state index is 0.0467. The highest BCUT2D eigenvalue weighted by Crippen LogP contribution is 2.16. The quantitative estimate of drug-likeness (QED) is 0.449. The molecule has 0 aliphatic carbocycles. The standard InChI is InChI=1S/C26H36N2O2S/c1-4-24(26(30)27-19-21(2)3)28(17-15-22-11-7-5-8-12-22)25(29)16-18-31-20-23-13-9-6-10-14-23/h5-14,21,24H,4,15-20H2,1-3H3,(H,27,30)/t24-/m1/s1. The predicted molar refractivity (Wildman–Crippen MR) is 131 cm³/mol. The number of hydrogen-bond donors (Lipinski definition) is 1. The number of amides is 2. The third-order valence-corrected chi connectivity index (χ3v) is 6.16. The lowest BCUT2D eigenvalue weighted by Crippen LogP contribution is -2.50. The van der Waals surface area contributed by atoms with Gasteiger partial charge in [-0.15, -0.1) is 0 Å². The molecule has 0 aromatic heterocycles. The topological polar surface area (TPSA) is 49.4 Å². The minimum Gasteiger partial charge on any atom is -0.354 e. The zero-order valence-electron chi connectivity index (χ0n) is 19.0. The Morgan fingerprint density at radius 2 is 1.58 bits per heavy atom. The smallest absolute Gasteiger partial charge is 0.242 e. The molecule has 0 radical (unpaired) electrons. The number of benzene rings is 2. The minimum atomic E-state index is -0.422. The first-order chi connectivity index (χ1) is 15.0. The highest BCUT2D eigenvalue weighted by Gasteiger charge is 2.27. The molecule has 31 heavy (non-hydrogen) atoms. The van der Waals surface area contributed by atoms with Crippen molar-refractivity contribution in [3.8, 4) is 0 Å². The van der Waals surface area contributed by atoms with Crippen molar-refractivity contribution in [2.75, 3.05) is 18.8 Å². The molecule has 0 bridgehead atoms. The van der Waals surface area contributed by atoms with Crippen molar-refractivity contribution in [2.45, 2.75) is 51.8 Å². The summed E-state index contributed by atoms with van der Waals surface area (Å²) in [6, 6.07) is 20.0. The highest BCUT2D eigenvalue weighted by molar-refractivity contribution is 7.98. The van der Waals surface area contributed by atoms with Crippen molar-refractivity contribution in [3.05, 3.63) is 71.8 Å². The first-order valence-corrected chi connectivity index (χ1v) is 12.4. The Kier molecular flexibility index (Phi) is 11.2. The molecule has 2 aromatic rings. The van der Waals surface area contributed by atoms with Crippen LogP contribution < -0.4 is 5.32 Å². The van der Waals surface area contributed by atoms with Gasteiger partial charge in [0.15, 0.2) is 0 Å². The fourth-order valence-electron chi connectivity index (χ4n) is 3.39.